The van der Waals surface area contributed by atoms with Crippen molar-refractivity contribution in [1.29, 1.82) is 0 Å². The molecule has 0 unspecified atom stereocenters. The van der Waals surface area contributed by atoms with Crippen molar-refractivity contribution in [3.05, 3.63) is 71.8 Å². The van der Waals surface area contributed by atoms with Crippen LogP contribution in [0.1, 0.15) is 50.7 Å². The molecule has 1 aliphatic heterocycles. The fraction of sp³-hybridized carbons (Fsp3) is 0.455. The molecule has 1 saturated heterocycles. The zero-order valence-corrected chi connectivity index (χ0v) is 14.9. The third-order valence-corrected chi connectivity index (χ3v) is 5.59. The fourth-order valence-corrected chi connectivity index (χ4v) is 4.09. The van der Waals surface area contributed by atoms with Crippen LogP contribution >= 0.6 is 0 Å². The Kier molecular flexibility index (Phi) is 5.37. The molecule has 2 aromatic rings. The number of likely N-dealkylation sites (tertiary alicyclic amines) is 1. The van der Waals surface area contributed by atoms with Crippen molar-refractivity contribution >= 4 is 0 Å². The van der Waals surface area contributed by atoms with E-state index in [-0.39, 0.29) is 0 Å². The van der Waals surface area contributed by atoms with Gasteiger partial charge in [0.15, 0.2) is 0 Å². The molecule has 0 spiro atoms. The van der Waals surface area contributed by atoms with Gasteiger partial charge in [0, 0.05) is 12.1 Å². The normalized spacial score (nSPS) is 22.0. The summed E-state index contributed by atoms with van der Waals surface area (Å²) in [6.45, 7) is 5.71. The van der Waals surface area contributed by atoms with Gasteiger partial charge in [-0.3, -0.25) is 4.90 Å². The molecule has 1 heterocycles. The number of nitrogens with zero attached hydrogens (tertiary/aromatic N) is 1. The Morgan fingerprint density at radius 2 is 1.33 bits per heavy atom. The molecule has 0 radical (unpaired) electrons. The van der Waals surface area contributed by atoms with Crippen molar-refractivity contribution in [3.8, 4) is 0 Å². The van der Waals surface area contributed by atoms with Gasteiger partial charge in [-0.15, -0.1) is 0 Å². The number of hydrogen-bond donors (Lipinski definition) is 1. The van der Waals surface area contributed by atoms with Crippen molar-refractivity contribution < 1.29 is 5.11 Å². The fourth-order valence-electron chi connectivity index (χ4n) is 4.09. The molecule has 128 valence electrons. The Morgan fingerprint density at radius 3 is 1.79 bits per heavy atom. The van der Waals surface area contributed by atoms with Crippen LogP contribution in [0.5, 0.6) is 0 Å². The first-order valence-electron chi connectivity index (χ1n) is 9.20. The summed E-state index contributed by atoms with van der Waals surface area (Å²) >= 11 is 0. The third kappa shape index (κ3) is 3.55. The molecule has 2 heteroatoms. The van der Waals surface area contributed by atoms with E-state index in [1.165, 1.54) is 12.8 Å². The molecule has 0 amide bonds. The van der Waals surface area contributed by atoms with Gasteiger partial charge in [-0.2, -0.15) is 0 Å². The molecule has 0 saturated carbocycles. The van der Waals surface area contributed by atoms with Crippen molar-refractivity contribution in [1.82, 2.24) is 4.90 Å². The number of benzene rings is 2. The summed E-state index contributed by atoms with van der Waals surface area (Å²) < 4.78 is 0. The molecule has 1 fully saturated rings. The molecule has 0 bridgehead atoms. The van der Waals surface area contributed by atoms with E-state index in [2.05, 4.69) is 18.7 Å². The largest absolute Gasteiger partial charge is 0.380 e. The predicted molar refractivity (Wildman–Crippen MR) is 100.0 cm³/mol. The van der Waals surface area contributed by atoms with Crippen LogP contribution in [0.2, 0.25) is 0 Å². The average Bonchev–Trinajstić information content (AvgIpc) is 2.95. The van der Waals surface area contributed by atoms with Crippen LogP contribution in [0, 0.1) is 0 Å². The summed E-state index contributed by atoms with van der Waals surface area (Å²) in [6.07, 6.45) is 4.33. The molecule has 0 aromatic heterocycles. The smallest absolute Gasteiger partial charge is 0.115 e. The van der Waals surface area contributed by atoms with E-state index in [0.717, 1.165) is 30.5 Å². The molecule has 0 aliphatic carbocycles. The topological polar surface area (TPSA) is 23.5 Å². The second-order valence-corrected chi connectivity index (χ2v) is 7.21. The lowest BCUT2D eigenvalue weighted by Gasteiger charge is -2.32. The van der Waals surface area contributed by atoms with Crippen molar-refractivity contribution in [2.24, 2.45) is 0 Å². The quantitative estimate of drug-likeness (QED) is 0.841. The first kappa shape index (κ1) is 17.2. The summed E-state index contributed by atoms with van der Waals surface area (Å²) in [5.74, 6) is 0. The molecule has 2 aromatic carbocycles. The summed E-state index contributed by atoms with van der Waals surface area (Å²) in [4.78, 5) is 2.59. The van der Waals surface area contributed by atoms with Crippen molar-refractivity contribution in [2.45, 2.75) is 57.2 Å². The van der Waals surface area contributed by atoms with Gasteiger partial charge in [-0.25, -0.2) is 0 Å². The Bertz CT molecular complexity index is 575. The second-order valence-electron chi connectivity index (χ2n) is 7.21. The van der Waals surface area contributed by atoms with E-state index >= 15 is 0 Å². The van der Waals surface area contributed by atoms with Crippen LogP contribution < -0.4 is 0 Å². The van der Waals surface area contributed by atoms with Crippen LogP contribution in [0.3, 0.4) is 0 Å². The maximum atomic E-state index is 11.5. The monoisotopic (exact) mass is 323 g/mol. The van der Waals surface area contributed by atoms with E-state index in [9.17, 15) is 5.11 Å². The van der Waals surface area contributed by atoms with Crippen LogP contribution in [-0.4, -0.2) is 28.6 Å². The van der Waals surface area contributed by atoms with Gasteiger partial charge in [0.25, 0.3) is 0 Å². The average molecular weight is 323 g/mol. The highest BCUT2D eigenvalue weighted by molar-refractivity contribution is 5.35. The van der Waals surface area contributed by atoms with Crippen LogP contribution in [0.4, 0.5) is 0 Å². The van der Waals surface area contributed by atoms with Crippen LogP contribution in [0.15, 0.2) is 60.7 Å². The first-order chi connectivity index (χ1) is 11.6. The van der Waals surface area contributed by atoms with Crippen molar-refractivity contribution in [2.75, 3.05) is 6.54 Å². The van der Waals surface area contributed by atoms with Gasteiger partial charge < -0.3 is 5.11 Å². The van der Waals surface area contributed by atoms with Crippen molar-refractivity contribution in [3.63, 3.8) is 0 Å². The summed E-state index contributed by atoms with van der Waals surface area (Å²) in [7, 11) is 0. The minimum Gasteiger partial charge on any atom is -0.380 e. The van der Waals surface area contributed by atoms with Crippen LogP contribution in [0.25, 0.3) is 0 Å². The maximum Gasteiger partial charge on any atom is 0.115 e. The van der Waals surface area contributed by atoms with Gasteiger partial charge in [-0.05, 0) is 57.2 Å². The maximum absolute atomic E-state index is 11.5. The lowest BCUT2D eigenvalue weighted by atomic mass is 9.82. The summed E-state index contributed by atoms with van der Waals surface area (Å²) in [5.41, 5.74) is 1.06. The predicted octanol–water partition coefficient (Wildman–Crippen LogP) is 4.58. The first-order valence-corrected chi connectivity index (χ1v) is 9.20. The SMILES string of the molecule is C[C@H]1CC[C@H](C)N1CCCC(O)(c1ccccc1)c1ccccc1. The standard InChI is InChI=1S/C22H29NO/c1-18-14-15-19(2)23(18)17-9-16-22(24,20-10-5-3-6-11-20)21-12-7-4-8-13-21/h3-8,10-13,18-19,24H,9,14-17H2,1-2H3/t18-,19-/m0/s1. The molecule has 24 heavy (non-hydrogen) atoms. The van der Waals surface area contributed by atoms with Crippen LogP contribution in [-0.2, 0) is 5.60 Å². The number of hydrogen-bond acceptors (Lipinski definition) is 2. The molecule has 2 nitrogen and oxygen atoms in total. The molecule has 1 aliphatic rings. The highest BCUT2D eigenvalue weighted by Crippen LogP contribution is 2.34. The number of aliphatic hydroxyl groups is 1. The summed E-state index contributed by atoms with van der Waals surface area (Å²) in [6, 6.07) is 21.5. The zero-order chi connectivity index (χ0) is 17.0. The Balaban J connectivity index is 1.76. The third-order valence-electron chi connectivity index (χ3n) is 5.59. The lowest BCUT2D eigenvalue weighted by molar-refractivity contribution is 0.0626. The zero-order valence-electron chi connectivity index (χ0n) is 14.9. The van der Waals surface area contributed by atoms with Gasteiger partial charge in [0.1, 0.15) is 5.60 Å². The molecular weight excluding hydrogens is 294 g/mol. The Hall–Kier alpha value is -1.64. The van der Waals surface area contributed by atoms with E-state index < -0.39 is 5.60 Å². The van der Waals surface area contributed by atoms with E-state index in [4.69, 9.17) is 0 Å². The minimum absolute atomic E-state index is 0.668. The van der Waals surface area contributed by atoms with E-state index in [0.29, 0.717) is 12.1 Å². The minimum atomic E-state index is -0.908. The van der Waals surface area contributed by atoms with E-state index in [1.54, 1.807) is 0 Å². The highest BCUT2D eigenvalue weighted by atomic mass is 16.3. The molecule has 2 atom stereocenters. The second kappa shape index (κ2) is 7.50. The lowest BCUT2D eigenvalue weighted by Crippen LogP contribution is -2.35. The molecular formula is C22H29NO. The van der Waals surface area contributed by atoms with Gasteiger partial charge >= 0.3 is 0 Å². The van der Waals surface area contributed by atoms with Gasteiger partial charge in [-0.1, -0.05) is 60.7 Å². The van der Waals surface area contributed by atoms with E-state index in [1.807, 2.05) is 60.7 Å². The summed E-state index contributed by atoms with van der Waals surface area (Å²) in [5, 5.41) is 11.5. The Morgan fingerprint density at radius 1 is 0.875 bits per heavy atom. The van der Waals surface area contributed by atoms with Gasteiger partial charge in [0.05, 0.1) is 0 Å². The molecule has 1 N–H and O–H groups in total. The molecule has 3 rings (SSSR count). The van der Waals surface area contributed by atoms with Gasteiger partial charge in [0.2, 0.25) is 0 Å². The Labute approximate surface area is 146 Å². The highest BCUT2D eigenvalue weighted by Gasteiger charge is 2.32. The number of rotatable bonds is 6.